The molecule has 3 nitrogen and oxygen atoms in total. The molecular weight excluding hydrogens is 190 g/mol. The zero-order valence-corrected chi connectivity index (χ0v) is 9.66. The lowest BCUT2D eigenvalue weighted by Crippen LogP contribution is -2.15. The van der Waals surface area contributed by atoms with Crippen LogP contribution in [0.15, 0.2) is 17.3 Å². The van der Waals surface area contributed by atoms with E-state index in [0.717, 1.165) is 17.5 Å². The van der Waals surface area contributed by atoms with Crippen molar-refractivity contribution in [3.8, 4) is 5.75 Å². The Morgan fingerprint density at radius 2 is 2.00 bits per heavy atom. The quantitative estimate of drug-likeness (QED) is 0.766. The normalized spacial score (nSPS) is 11.5. The second kappa shape index (κ2) is 4.01. The van der Waals surface area contributed by atoms with Crippen molar-refractivity contribution in [2.75, 3.05) is 0 Å². The van der Waals surface area contributed by atoms with Gasteiger partial charge in [0.15, 0.2) is 0 Å². The molecule has 82 valence electrons. The summed E-state index contributed by atoms with van der Waals surface area (Å²) in [6.07, 6.45) is 0.891. The number of aromatic hydroxyl groups is 1. The van der Waals surface area contributed by atoms with E-state index in [0.29, 0.717) is 0 Å². The first-order chi connectivity index (χ1) is 6.92. The second-order valence-electron chi connectivity index (χ2n) is 4.51. The number of aryl methyl sites for hydroxylation is 1. The summed E-state index contributed by atoms with van der Waals surface area (Å²) in [6.45, 7) is 8.02. The van der Waals surface area contributed by atoms with Gasteiger partial charge in [-0.3, -0.25) is 0 Å². The van der Waals surface area contributed by atoms with E-state index in [-0.39, 0.29) is 16.9 Å². The molecule has 0 saturated carbocycles. The molecule has 1 rings (SSSR count). The van der Waals surface area contributed by atoms with Crippen LogP contribution in [0.5, 0.6) is 5.75 Å². The van der Waals surface area contributed by atoms with Crippen LogP contribution >= 0.6 is 0 Å². The molecule has 0 saturated heterocycles. The number of hydrogen-bond acceptors (Lipinski definition) is 3. The van der Waals surface area contributed by atoms with Crippen molar-refractivity contribution >= 4 is 5.69 Å². The molecule has 0 heterocycles. The zero-order valence-electron chi connectivity index (χ0n) is 9.66. The summed E-state index contributed by atoms with van der Waals surface area (Å²) in [4.78, 5) is 10.5. The van der Waals surface area contributed by atoms with Crippen LogP contribution in [-0.2, 0) is 5.41 Å². The van der Waals surface area contributed by atoms with Crippen molar-refractivity contribution in [3.63, 3.8) is 0 Å². The molecule has 3 heteroatoms. The highest BCUT2D eigenvalue weighted by atomic mass is 16.3. The number of phenols is 1. The Morgan fingerprint density at radius 1 is 1.40 bits per heavy atom. The van der Waals surface area contributed by atoms with Crippen molar-refractivity contribution in [2.45, 2.75) is 39.5 Å². The molecule has 0 aromatic heterocycles. The highest BCUT2D eigenvalue weighted by molar-refractivity contribution is 5.59. The van der Waals surface area contributed by atoms with E-state index in [9.17, 15) is 10.0 Å². The lowest BCUT2D eigenvalue weighted by molar-refractivity contribution is 0.429. The van der Waals surface area contributed by atoms with E-state index in [4.69, 9.17) is 0 Å². The summed E-state index contributed by atoms with van der Waals surface area (Å²) in [5, 5.41) is 12.7. The third-order valence-corrected chi connectivity index (χ3v) is 2.95. The minimum atomic E-state index is -0.143. The summed E-state index contributed by atoms with van der Waals surface area (Å²) < 4.78 is 0. The summed E-state index contributed by atoms with van der Waals surface area (Å²) in [7, 11) is 0. The minimum Gasteiger partial charge on any atom is -0.505 e. The molecule has 0 amide bonds. The number of nitroso groups, excluding NO2 is 1. The molecule has 0 fully saturated rings. The SMILES string of the molecule is CCC(C)(C)c1cc(C)cc(N=O)c1O. The Hall–Kier alpha value is -1.38. The fourth-order valence-electron chi connectivity index (χ4n) is 1.54. The highest BCUT2D eigenvalue weighted by Gasteiger charge is 2.24. The van der Waals surface area contributed by atoms with Gasteiger partial charge in [-0.15, -0.1) is 4.91 Å². The van der Waals surface area contributed by atoms with Gasteiger partial charge in [0.2, 0.25) is 0 Å². The van der Waals surface area contributed by atoms with Crippen LogP contribution in [0.1, 0.15) is 38.3 Å². The minimum absolute atomic E-state index is 0.0162. The van der Waals surface area contributed by atoms with Gasteiger partial charge in [-0.2, -0.15) is 0 Å². The molecule has 1 aromatic rings. The first-order valence-electron chi connectivity index (χ1n) is 5.10. The Balaban J connectivity index is 3.42. The maximum atomic E-state index is 10.5. The lowest BCUT2D eigenvalue weighted by Gasteiger charge is -2.25. The van der Waals surface area contributed by atoms with Crippen molar-refractivity contribution in [3.05, 3.63) is 28.2 Å². The van der Waals surface area contributed by atoms with Gasteiger partial charge in [-0.05, 0) is 35.6 Å². The number of nitrogens with zero attached hydrogens (tertiary/aromatic N) is 1. The molecule has 0 spiro atoms. The molecule has 1 aromatic carbocycles. The Kier molecular flexibility index (Phi) is 3.12. The van der Waals surface area contributed by atoms with E-state index in [1.165, 1.54) is 0 Å². The molecule has 15 heavy (non-hydrogen) atoms. The largest absolute Gasteiger partial charge is 0.505 e. The molecular formula is C12H17NO2. The second-order valence-corrected chi connectivity index (χ2v) is 4.51. The standard InChI is InChI=1S/C12H17NO2/c1-5-12(3,4)9-6-8(2)7-10(13-15)11(9)14/h6-7,14H,5H2,1-4H3. The van der Waals surface area contributed by atoms with E-state index >= 15 is 0 Å². The van der Waals surface area contributed by atoms with Gasteiger partial charge in [-0.1, -0.05) is 26.8 Å². The molecule has 0 atom stereocenters. The third kappa shape index (κ3) is 2.17. The zero-order chi connectivity index (χ0) is 11.6. The van der Waals surface area contributed by atoms with E-state index < -0.39 is 0 Å². The smallest absolute Gasteiger partial charge is 0.150 e. The number of phenolic OH excluding ortho intramolecular Hbond substituents is 1. The van der Waals surface area contributed by atoms with Crippen molar-refractivity contribution in [1.29, 1.82) is 0 Å². The van der Waals surface area contributed by atoms with Crippen molar-refractivity contribution in [2.24, 2.45) is 5.18 Å². The summed E-state index contributed by atoms with van der Waals surface area (Å²) in [5.41, 5.74) is 1.72. The summed E-state index contributed by atoms with van der Waals surface area (Å²) in [5.74, 6) is 0.0162. The van der Waals surface area contributed by atoms with E-state index in [2.05, 4.69) is 12.1 Å². The Morgan fingerprint density at radius 3 is 2.47 bits per heavy atom. The van der Waals surface area contributed by atoms with Gasteiger partial charge in [0.1, 0.15) is 11.4 Å². The van der Waals surface area contributed by atoms with Gasteiger partial charge < -0.3 is 5.11 Å². The average molecular weight is 207 g/mol. The number of benzene rings is 1. The maximum absolute atomic E-state index is 10.5. The summed E-state index contributed by atoms with van der Waals surface area (Å²) in [6, 6.07) is 3.51. The molecule has 1 N–H and O–H groups in total. The van der Waals surface area contributed by atoms with Crippen LogP contribution in [0.2, 0.25) is 0 Å². The van der Waals surface area contributed by atoms with E-state index in [1.807, 2.05) is 26.8 Å². The van der Waals surface area contributed by atoms with Crippen molar-refractivity contribution in [1.82, 2.24) is 0 Å². The molecule has 0 aliphatic carbocycles. The Labute approximate surface area is 90.1 Å². The molecule has 0 unspecified atom stereocenters. The Bertz CT molecular complexity index is 383. The molecule has 0 aliphatic rings. The first-order valence-corrected chi connectivity index (χ1v) is 5.10. The average Bonchev–Trinajstić information content (AvgIpc) is 2.20. The predicted octanol–water partition coefficient (Wildman–Crippen LogP) is 3.79. The summed E-state index contributed by atoms with van der Waals surface area (Å²) >= 11 is 0. The first kappa shape index (κ1) is 11.7. The molecule has 0 radical (unpaired) electrons. The fraction of sp³-hybridized carbons (Fsp3) is 0.500. The molecule has 0 bridgehead atoms. The van der Waals surface area contributed by atoms with Crippen LogP contribution < -0.4 is 0 Å². The van der Waals surface area contributed by atoms with Gasteiger partial charge in [0, 0.05) is 5.56 Å². The lowest BCUT2D eigenvalue weighted by atomic mass is 9.81. The monoisotopic (exact) mass is 207 g/mol. The molecule has 0 aliphatic heterocycles. The fourth-order valence-corrected chi connectivity index (χ4v) is 1.54. The van der Waals surface area contributed by atoms with Crippen molar-refractivity contribution < 1.29 is 5.11 Å². The topological polar surface area (TPSA) is 49.7 Å². The number of rotatable bonds is 3. The third-order valence-electron chi connectivity index (χ3n) is 2.95. The van der Waals surface area contributed by atoms with Gasteiger partial charge in [-0.25, -0.2) is 0 Å². The van der Waals surface area contributed by atoms with Crippen LogP contribution in [0.4, 0.5) is 5.69 Å². The van der Waals surface area contributed by atoms with E-state index in [1.54, 1.807) is 6.07 Å². The van der Waals surface area contributed by atoms with Gasteiger partial charge >= 0.3 is 0 Å². The van der Waals surface area contributed by atoms with Crippen LogP contribution in [0.25, 0.3) is 0 Å². The highest BCUT2D eigenvalue weighted by Crippen LogP contribution is 2.40. The van der Waals surface area contributed by atoms with Gasteiger partial charge in [0.05, 0.1) is 0 Å². The maximum Gasteiger partial charge on any atom is 0.150 e. The van der Waals surface area contributed by atoms with Crippen LogP contribution in [0, 0.1) is 11.8 Å². The van der Waals surface area contributed by atoms with Crippen LogP contribution in [0.3, 0.4) is 0 Å². The van der Waals surface area contributed by atoms with Crippen LogP contribution in [-0.4, -0.2) is 5.11 Å². The number of hydrogen-bond donors (Lipinski definition) is 1. The predicted molar refractivity (Wildman–Crippen MR) is 61.6 cm³/mol. The van der Waals surface area contributed by atoms with Gasteiger partial charge in [0.25, 0.3) is 0 Å².